The Hall–Kier alpha value is -2.09. The Kier molecular flexibility index (Phi) is 6.05. The van der Waals surface area contributed by atoms with Gasteiger partial charge >= 0.3 is 5.97 Å². The molecule has 0 heterocycles. The van der Waals surface area contributed by atoms with Gasteiger partial charge in [0.15, 0.2) is 0 Å². The minimum Gasteiger partial charge on any atom is -0.496 e. The van der Waals surface area contributed by atoms with E-state index in [1.807, 2.05) is 0 Å². The molecule has 2 aromatic rings. The normalized spacial score (nSPS) is 12.8. The number of hydrogen-bond donors (Lipinski definition) is 1. The summed E-state index contributed by atoms with van der Waals surface area (Å²) in [6.45, 7) is 0. The summed E-state index contributed by atoms with van der Waals surface area (Å²) in [7, 11) is -1.26. The first-order valence-corrected chi connectivity index (χ1v) is 9.17. The summed E-state index contributed by atoms with van der Waals surface area (Å²) in [5.74, 6) is -0.739. The van der Waals surface area contributed by atoms with Gasteiger partial charge in [-0.3, -0.25) is 4.79 Å². The molecule has 1 N–H and O–H groups in total. The molecule has 25 heavy (non-hydrogen) atoms. The number of benzene rings is 2. The zero-order chi connectivity index (χ0) is 18.6. The van der Waals surface area contributed by atoms with Crippen LogP contribution in [0.5, 0.6) is 5.75 Å². The molecule has 0 amide bonds. The first-order chi connectivity index (χ1) is 11.8. The lowest BCUT2D eigenvalue weighted by Gasteiger charge is -2.25. The highest BCUT2D eigenvalue weighted by Crippen LogP contribution is 2.24. The van der Waals surface area contributed by atoms with Gasteiger partial charge in [0.05, 0.1) is 12.0 Å². The van der Waals surface area contributed by atoms with E-state index in [9.17, 15) is 18.3 Å². The zero-order valence-corrected chi connectivity index (χ0v) is 15.3. The average Bonchev–Trinajstić information content (AvgIpc) is 2.59. The number of hydrogen-bond acceptors (Lipinski definition) is 4. The van der Waals surface area contributed by atoms with Crippen LogP contribution < -0.4 is 4.74 Å². The van der Waals surface area contributed by atoms with Crippen LogP contribution in [0.4, 0.5) is 0 Å². The molecular formula is C17H18ClNO5S. The number of para-hydroxylation sites is 1. The predicted octanol–water partition coefficient (Wildman–Crippen LogP) is 2.67. The molecule has 1 atom stereocenters. The van der Waals surface area contributed by atoms with Crippen molar-refractivity contribution in [3.8, 4) is 5.75 Å². The lowest BCUT2D eigenvalue weighted by molar-refractivity contribution is -0.141. The van der Waals surface area contributed by atoms with Crippen LogP contribution in [0.3, 0.4) is 0 Å². The molecule has 0 spiro atoms. The molecule has 0 aromatic heterocycles. The molecule has 0 aliphatic rings. The number of nitrogens with zero attached hydrogens (tertiary/aromatic N) is 1. The van der Waals surface area contributed by atoms with Crippen LogP contribution in [0.1, 0.15) is 5.56 Å². The maximum Gasteiger partial charge on any atom is 0.322 e. The minimum atomic E-state index is -3.99. The second kappa shape index (κ2) is 7.86. The van der Waals surface area contributed by atoms with E-state index in [1.54, 1.807) is 24.3 Å². The van der Waals surface area contributed by atoms with Crippen molar-refractivity contribution >= 4 is 27.6 Å². The number of carboxylic acids is 1. The summed E-state index contributed by atoms with van der Waals surface area (Å²) >= 11 is 5.78. The molecule has 0 aliphatic heterocycles. The summed E-state index contributed by atoms with van der Waals surface area (Å²) in [5.41, 5.74) is 0.607. The zero-order valence-electron chi connectivity index (χ0n) is 13.7. The number of methoxy groups -OCH3 is 1. The SMILES string of the molecule is COc1ccccc1C[C@@H](C(=O)O)N(C)S(=O)(=O)c1ccc(Cl)cc1. The van der Waals surface area contributed by atoms with E-state index in [-0.39, 0.29) is 11.3 Å². The van der Waals surface area contributed by atoms with Crippen molar-refractivity contribution in [3.05, 3.63) is 59.1 Å². The smallest absolute Gasteiger partial charge is 0.322 e. The predicted molar refractivity (Wildman–Crippen MR) is 94.5 cm³/mol. The third-order valence-corrected chi connectivity index (χ3v) is 5.95. The van der Waals surface area contributed by atoms with Crippen LogP contribution >= 0.6 is 11.6 Å². The van der Waals surface area contributed by atoms with Crippen molar-refractivity contribution in [1.82, 2.24) is 4.31 Å². The number of aliphatic carboxylic acids is 1. The molecular weight excluding hydrogens is 366 g/mol. The Labute approximate surface area is 151 Å². The summed E-state index contributed by atoms with van der Waals surface area (Å²) in [4.78, 5) is 11.7. The fraction of sp³-hybridized carbons (Fsp3) is 0.235. The van der Waals surface area contributed by atoms with Crippen LogP contribution in [0.25, 0.3) is 0 Å². The van der Waals surface area contributed by atoms with Crippen LogP contribution in [0, 0.1) is 0 Å². The first-order valence-electron chi connectivity index (χ1n) is 7.35. The summed E-state index contributed by atoms with van der Waals surface area (Å²) in [6.07, 6.45) is -0.0251. The Morgan fingerprint density at radius 1 is 1.20 bits per heavy atom. The molecule has 0 aliphatic carbocycles. The largest absolute Gasteiger partial charge is 0.496 e. The highest BCUT2D eigenvalue weighted by Gasteiger charge is 2.33. The van der Waals surface area contributed by atoms with Gasteiger partial charge in [-0.25, -0.2) is 8.42 Å². The summed E-state index contributed by atoms with van der Waals surface area (Å²) in [6, 6.07) is 11.2. The quantitative estimate of drug-likeness (QED) is 0.794. The van der Waals surface area contributed by atoms with Gasteiger partial charge < -0.3 is 9.84 Å². The first kappa shape index (κ1) is 19.2. The average molecular weight is 384 g/mol. The van der Waals surface area contributed by atoms with Crippen LogP contribution in [-0.4, -0.2) is 44.0 Å². The summed E-state index contributed by atoms with van der Waals surface area (Å²) in [5, 5.41) is 9.95. The van der Waals surface area contributed by atoms with Crippen molar-refractivity contribution < 1.29 is 23.1 Å². The molecule has 2 rings (SSSR count). The molecule has 0 saturated heterocycles. The van der Waals surface area contributed by atoms with Crippen molar-refractivity contribution in [2.45, 2.75) is 17.4 Å². The molecule has 8 heteroatoms. The molecule has 2 aromatic carbocycles. The van der Waals surface area contributed by atoms with Crippen LogP contribution in [-0.2, 0) is 21.2 Å². The Morgan fingerprint density at radius 3 is 2.36 bits per heavy atom. The lowest BCUT2D eigenvalue weighted by atomic mass is 10.1. The molecule has 0 bridgehead atoms. The molecule has 6 nitrogen and oxygen atoms in total. The number of halogens is 1. The van der Waals surface area contributed by atoms with Gasteiger partial charge in [0, 0.05) is 18.5 Å². The van der Waals surface area contributed by atoms with Gasteiger partial charge in [-0.05, 0) is 35.9 Å². The van der Waals surface area contributed by atoms with E-state index >= 15 is 0 Å². The molecule has 0 fully saturated rings. The third kappa shape index (κ3) is 4.31. The monoisotopic (exact) mass is 383 g/mol. The fourth-order valence-electron chi connectivity index (χ4n) is 2.39. The number of carbonyl (C=O) groups is 1. The number of carboxylic acid groups (broad SMARTS) is 1. The fourth-order valence-corrected chi connectivity index (χ4v) is 3.83. The standard InChI is InChI=1S/C17H18ClNO5S/c1-19(25(22,23)14-9-7-13(18)8-10-14)15(17(20)21)11-12-5-3-4-6-16(12)24-2/h3-10,15H,11H2,1-2H3,(H,20,21)/t15-/m0/s1. The number of rotatable bonds is 7. The van der Waals surface area contributed by atoms with Gasteiger partial charge in [0.2, 0.25) is 10.0 Å². The van der Waals surface area contributed by atoms with Gasteiger partial charge in [-0.2, -0.15) is 4.31 Å². The minimum absolute atomic E-state index is 0.0225. The van der Waals surface area contributed by atoms with E-state index in [0.29, 0.717) is 16.3 Å². The number of sulfonamides is 1. The maximum atomic E-state index is 12.7. The third-order valence-electron chi connectivity index (χ3n) is 3.82. The topological polar surface area (TPSA) is 83.9 Å². The van der Waals surface area contributed by atoms with Crippen molar-refractivity contribution in [1.29, 1.82) is 0 Å². The summed E-state index contributed by atoms with van der Waals surface area (Å²) < 4.78 is 31.5. The molecule has 0 radical (unpaired) electrons. The van der Waals surface area contributed by atoms with E-state index in [2.05, 4.69) is 0 Å². The second-order valence-electron chi connectivity index (χ2n) is 5.35. The highest BCUT2D eigenvalue weighted by molar-refractivity contribution is 7.89. The van der Waals surface area contributed by atoms with Gasteiger partial charge in [-0.1, -0.05) is 29.8 Å². The van der Waals surface area contributed by atoms with Crippen molar-refractivity contribution in [2.24, 2.45) is 0 Å². The Balaban J connectivity index is 2.36. The van der Waals surface area contributed by atoms with E-state index < -0.39 is 22.0 Å². The Bertz CT molecular complexity index is 852. The number of likely N-dealkylation sites (N-methyl/N-ethyl adjacent to an activating group) is 1. The Morgan fingerprint density at radius 2 is 1.80 bits per heavy atom. The van der Waals surface area contributed by atoms with Crippen molar-refractivity contribution in [3.63, 3.8) is 0 Å². The van der Waals surface area contributed by atoms with Gasteiger partial charge in [0.25, 0.3) is 0 Å². The second-order valence-corrected chi connectivity index (χ2v) is 7.78. The lowest BCUT2D eigenvalue weighted by Crippen LogP contribution is -2.43. The van der Waals surface area contributed by atoms with E-state index in [4.69, 9.17) is 16.3 Å². The molecule has 0 unspecified atom stereocenters. The van der Waals surface area contributed by atoms with E-state index in [1.165, 1.54) is 38.4 Å². The van der Waals surface area contributed by atoms with Crippen molar-refractivity contribution in [2.75, 3.05) is 14.2 Å². The molecule has 0 saturated carbocycles. The van der Waals surface area contributed by atoms with E-state index in [0.717, 1.165) is 4.31 Å². The number of ether oxygens (including phenoxy) is 1. The van der Waals surface area contributed by atoms with Crippen LogP contribution in [0.15, 0.2) is 53.4 Å². The van der Waals surface area contributed by atoms with Gasteiger partial charge in [0.1, 0.15) is 11.8 Å². The maximum absolute atomic E-state index is 12.7. The highest BCUT2D eigenvalue weighted by atomic mass is 35.5. The molecule has 134 valence electrons. The van der Waals surface area contributed by atoms with Gasteiger partial charge in [-0.15, -0.1) is 0 Å². The van der Waals surface area contributed by atoms with Crippen LogP contribution in [0.2, 0.25) is 5.02 Å².